The van der Waals surface area contributed by atoms with E-state index in [-0.39, 0.29) is 18.1 Å². The highest BCUT2D eigenvalue weighted by Crippen LogP contribution is 2.37. The average Bonchev–Trinajstić information content (AvgIpc) is 3.56. The zero-order chi connectivity index (χ0) is 25.1. The third-order valence-electron chi connectivity index (χ3n) is 6.37. The largest absolute Gasteiger partial charge is 0.485 e. The number of thiazole rings is 1. The van der Waals surface area contributed by atoms with E-state index < -0.39 is 6.10 Å². The number of hydrogen-bond donors (Lipinski definition) is 0. The third-order valence-corrected chi connectivity index (χ3v) is 7.66. The molecule has 0 N–H and O–H groups in total. The quantitative estimate of drug-likeness (QED) is 0.354. The number of ether oxygens (including phenoxy) is 2. The van der Waals surface area contributed by atoms with Crippen molar-refractivity contribution in [3.05, 3.63) is 110 Å². The van der Waals surface area contributed by atoms with E-state index in [1.165, 1.54) is 4.52 Å². The van der Waals surface area contributed by atoms with Gasteiger partial charge in [-0.1, -0.05) is 65.4 Å². The second-order valence-corrected chi connectivity index (χ2v) is 10.1. The lowest BCUT2D eigenvalue weighted by molar-refractivity contribution is -0.113. The molecule has 4 heterocycles. The predicted octanol–water partition coefficient (Wildman–Crippen LogP) is 3.78. The van der Waals surface area contributed by atoms with E-state index in [9.17, 15) is 9.59 Å². The molecule has 3 aromatic carbocycles. The van der Waals surface area contributed by atoms with E-state index in [0.717, 1.165) is 22.6 Å². The first kappa shape index (κ1) is 22.0. The number of rotatable bonds is 3. The number of benzene rings is 3. The monoisotopic (exact) mass is 528 g/mol. The van der Waals surface area contributed by atoms with E-state index in [4.69, 9.17) is 21.1 Å². The van der Waals surface area contributed by atoms with Crippen molar-refractivity contribution in [3.8, 4) is 11.5 Å². The minimum atomic E-state index is -0.541. The summed E-state index contributed by atoms with van der Waals surface area (Å²) in [7, 11) is 0. The molecule has 2 aliphatic heterocycles. The molecule has 0 saturated carbocycles. The van der Waals surface area contributed by atoms with Gasteiger partial charge in [-0.3, -0.25) is 9.59 Å². The highest BCUT2D eigenvalue weighted by molar-refractivity contribution is 7.15. The highest BCUT2D eigenvalue weighted by Gasteiger charge is 2.35. The zero-order valence-corrected chi connectivity index (χ0v) is 20.7. The Morgan fingerprint density at radius 2 is 1.73 bits per heavy atom. The van der Waals surface area contributed by atoms with Gasteiger partial charge in [0.05, 0.1) is 17.8 Å². The number of carbonyl (C=O) groups excluding carboxylic acids is 1. The van der Waals surface area contributed by atoms with Gasteiger partial charge in [-0.15, -0.1) is 5.10 Å². The van der Waals surface area contributed by atoms with Crippen LogP contribution in [0.2, 0.25) is 5.02 Å². The smallest absolute Gasteiger partial charge is 0.291 e. The van der Waals surface area contributed by atoms with Crippen molar-refractivity contribution in [1.82, 2.24) is 14.6 Å². The molecule has 0 aliphatic carbocycles. The Labute approximate surface area is 219 Å². The van der Waals surface area contributed by atoms with Crippen LogP contribution < -0.4 is 24.5 Å². The maximum Gasteiger partial charge on any atom is 0.291 e. The first-order valence-electron chi connectivity index (χ1n) is 11.5. The topological polar surface area (TPSA) is 86.0 Å². The van der Waals surface area contributed by atoms with Gasteiger partial charge >= 0.3 is 0 Å². The minimum Gasteiger partial charge on any atom is -0.485 e. The molecule has 8 nitrogen and oxygen atoms in total. The van der Waals surface area contributed by atoms with Gasteiger partial charge in [0.15, 0.2) is 23.4 Å². The Kier molecular flexibility index (Phi) is 5.02. The highest BCUT2D eigenvalue weighted by atomic mass is 35.5. The summed E-state index contributed by atoms with van der Waals surface area (Å²) < 4.78 is 13.3. The summed E-state index contributed by atoms with van der Waals surface area (Å²) in [5, 5.41) is 5.05. The molecule has 2 aromatic heterocycles. The average molecular weight is 529 g/mol. The van der Waals surface area contributed by atoms with Crippen molar-refractivity contribution in [2.24, 2.45) is 0 Å². The van der Waals surface area contributed by atoms with E-state index in [1.807, 2.05) is 60.7 Å². The molecule has 0 saturated heterocycles. The van der Waals surface area contributed by atoms with Crippen LogP contribution >= 0.6 is 22.9 Å². The molecule has 5 aromatic rings. The van der Waals surface area contributed by atoms with Crippen molar-refractivity contribution in [2.75, 3.05) is 11.5 Å². The Morgan fingerprint density at radius 3 is 2.54 bits per heavy atom. The number of carbonyl (C=O) groups is 1. The maximum atomic E-state index is 13.7. The van der Waals surface area contributed by atoms with Crippen LogP contribution in [0.25, 0.3) is 10.5 Å². The lowest BCUT2D eigenvalue weighted by atomic mass is 10.1. The molecular formula is C27H17ClN4O4S. The van der Waals surface area contributed by atoms with Gasteiger partial charge in [-0.2, -0.15) is 9.50 Å². The number of aromatic nitrogens is 3. The summed E-state index contributed by atoms with van der Waals surface area (Å²) in [5.74, 6) is 1.38. The summed E-state index contributed by atoms with van der Waals surface area (Å²) >= 11 is 7.17. The van der Waals surface area contributed by atoms with Gasteiger partial charge in [0, 0.05) is 10.6 Å². The third kappa shape index (κ3) is 3.58. The molecule has 182 valence electrons. The molecule has 7 rings (SSSR count). The number of amides is 1. The van der Waals surface area contributed by atoms with Gasteiger partial charge in [0.1, 0.15) is 11.1 Å². The number of halogens is 1. The summed E-state index contributed by atoms with van der Waals surface area (Å²) in [6, 6.07) is 22.2. The van der Waals surface area contributed by atoms with Crippen LogP contribution in [0.3, 0.4) is 0 Å². The van der Waals surface area contributed by atoms with E-state index in [0.29, 0.717) is 49.5 Å². The fraction of sp³-hybridized carbons (Fsp3) is 0.111. The fourth-order valence-corrected chi connectivity index (χ4v) is 5.74. The summed E-state index contributed by atoms with van der Waals surface area (Å²) in [5.41, 5.74) is 2.37. The van der Waals surface area contributed by atoms with Crippen LogP contribution in [-0.2, 0) is 11.3 Å². The van der Waals surface area contributed by atoms with Crippen molar-refractivity contribution in [2.45, 2.75) is 12.6 Å². The summed E-state index contributed by atoms with van der Waals surface area (Å²) in [6.07, 6.45) is -0.541. The first-order chi connectivity index (χ1) is 18.1. The van der Waals surface area contributed by atoms with Crippen LogP contribution in [0.5, 0.6) is 11.5 Å². The molecule has 10 heteroatoms. The van der Waals surface area contributed by atoms with E-state index in [1.54, 1.807) is 17.0 Å². The number of fused-ring (bicyclic) bond motifs is 3. The molecule has 1 amide bonds. The fourth-order valence-electron chi connectivity index (χ4n) is 4.61. The molecule has 2 aliphatic rings. The second-order valence-electron chi connectivity index (χ2n) is 8.67. The molecule has 1 atom stereocenters. The normalized spacial score (nSPS) is 17.9. The van der Waals surface area contributed by atoms with Gasteiger partial charge < -0.3 is 14.4 Å². The Hall–Kier alpha value is -4.21. The minimum absolute atomic E-state index is 0.235. The summed E-state index contributed by atoms with van der Waals surface area (Å²) in [4.78, 5) is 33.7. The van der Waals surface area contributed by atoms with Crippen molar-refractivity contribution in [1.29, 1.82) is 0 Å². The number of para-hydroxylation sites is 3. The summed E-state index contributed by atoms with van der Waals surface area (Å²) in [6.45, 7) is 0.592. The molecule has 0 bridgehead atoms. The lowest BCUT2D eigenvalue weighted by Crippen LogP contribution is -2.32. The lowest BCUT2D eigenvalue weighted by Gasteiger charge is -2.24. The Morgan fingerprint density at radius 1 is 0.973 bits per heavy atom. The second kappa shape index (κ2) is 8.43. The number of anilines is 1. The van der Waals surface area contributed by atoms with Gasteiger partial charge in [-0.05, 0) is 35.9 Å². The van der Waals surface area contributed by atoms with Gasteiger partial charge in [0.2, 0.25) is 4.96 Å². The zero-order valence-electron chi connectivity index (χ0n) is 19.1. The molecule has 37 heavy (non-hydrogen) atoms. The SMILES string of the molecule is O=C1/C(=c2\sc3nc(C4COc5ccccc5O4)nn3c2=O)c2ccccc2N1Cc1ccc(Cl)cc1. The molecule has 0 spiro atoms. The molecular weight excluding hydrogens is 512 g/mol. The first-order valence-corrected chi connectivity index (χ1v) is 12.7. The van der Waals surface area contributed by atoms with Crippen LogP contribution in [0.4, 0.5) is 5.69 Å². The van der Waals surface area contributed by atoms with E-state index >= 15 is 0 Å². The standard InChI is InChI=1S/C27H17ClN4O4S/c28-16-11-9-15(10-12-16)13-31-18-6-2-1-5-17(18)22(25(31)33)23-26(34)32-27(37-23)29-24(30-32)21-14-35-19-7-3-4-8-20(19)36-21/h1-12,21H,13-14H2/b23-22-. The molecule has 0 radical (unpaired) electrons. The molecule has 1 unspecified atom stereocenters. The van der Waals surface area contributed by atoms with Crippen LogP contribution in [0, 0.1) is 0 Å². The van der Waals surface area contributed by atoms with Crippen molar-refractivity contribution >= 4 is 45.1 Å². The van der Waals surface area contributed by atoms with Crippen molar-refractivity contribution in [3.63, 3.8) is 0 Å². The Balaban J connectivity index is 1.29. The van der Waals surface area contributed by atoms with E-state index in [2.05, 4.69) is 10.1 Å². The number of nitrogens with zero attached hydrogens (tertiary/aromatic N) is 4. The van der Waals surface area contributed by atoms with Gasteiger partial charge in [0.25, 0.3) is 11.5 Å². The van der Waals surface area contributed by atoms with Crippen LogP contribution in [0.15, 0.2) is 77.6 Å². The predicted molar refractivity (Wildman–Crippen MR) is 139 cm³/mol. The van der Waals surface area contributed by atoms with Crippen molar-refractivity contribution < 1.29 is 14.3 Å². The van der Waals surface area contributed by atoms with Gasteiger partial charge in [-0.25, -0.2) is 0 Å². The maximum absolute atomic E-state index is 13.7. The molecule has 0 fully saturated rings. The number of hydrogen-bond acceptors (Lipinski definition) is 7. The Bertz CT molecular complexity index is 1810. The van der Waals surface area contributed by atoms with Crippen LogP contribution in [-0.4, -0.2) is 27.1 Å². The van der Waals surface area contributed by atoms with Crippen LogP contribution in [0.1, 0.15) is 23.1 Å².